The van der Waals surface area contributed by atoms with Crippen molar-refractivity contribution in [2.24, 2.45) is 7.05 Å². The molecule has 0 spiro atoms. The number of fused-ring (bicyclic) bond motifs is 1. The molecule has 0 saturated carbocycles. The summed E-state index contributed by atoms with van der Waals surface area (Å²) in [6.07, 6.45) is 7.43. The van der Waals surface area contributed by atoms with Gasteiger partial charge in [-0.25, -0.2) is 9.67 Å². The van der Waals surface area contributed by atoms with Crippen molar-refractivity contribution in [1.29, 1.82) is 0 Å². The first-order valence-electron chi connectivity index (χ1n) is 6.02. The second kappa shape index (κ2) is 3.98. The van der Waals surface area contributed by atoms with E-state index in [1.54, 1.807) is 17.1 Å². The average Bonchev–Trinajstić information content (AvgIpc) is 3.18. The Balaban J connectivity index is 1.88. The SMILES string of the molecule is Cn1ccc2c(-c3cnn(-c4nn[nH]n4)c3)ccnc21. The molecule has 0 atom stereocenters. The van der Waals surface area contributed by atoms with Gasteiger partial charge in [0.15, 0.2) is 0 Å². The highest BCUT2D eigenvalue weighted by atomic mass is 15.5. The van der Waals surface area contributed by atoms with Crippen LogP contribution in [0, 0.1) is 0 Å². The number of rotatable bonds is 2. The first-order chi connectivity index (χ1) is 9.83. The van der Waals surface area contributed by atoms with Gasteiger partial charge in [0.2, 0.25) is 0 Å². The van der Waals surface area contributed by atoms with E-state index in [-0.39, 0.29) is 0 Å². The third-order valence-electron chi connectivity index (χ3n) is 3.20. The van der Waals surface area contributed by atoms with Gasteiger partial charge < -0.3 is 4.57 Å². The van der Waals surface area contributed by atoms with Gasteiger partial charge in [0, 0.05) is 36.6 Å². The highest BCUT2D eigenvalue weighted by Crippen LogP contribution is 2.27. The van der Waals surface area contributed by atoms with Gasteiger partial charge in [-0.1, -0.05) is 5.10 Å². The van der Waals surface area contributed by atoms with Crippen LogP contribution in [0.4, 0.5) is 0 Å². The number of hydrogen-bond donors (Lipinski definition) is 1. The van der Waals surface area contributed by atoms with Gasteiger partial charge in [-0.15, -0.1) is 5.10 Å². The van der Waals surface area contributed by atoms with Crippen LogP contribution in [-0.2, 0) is 7.05 Å². The molecule has 0 unspecified atom stereocenters. The number of aromatic nitrogens is 8. The van der Waals surface area contributed by atoms with Crippen molar-refractivity contribution in [3.8, 4) is 17.1 Å². The van der Waals surface area contributed by atoms with Crippen LogP contribution in [-0.4, -0.2) is 40.0 Å². The Kier molecular flexibility index (Phi) is 2.16. The third kappa shape index (κ3) is 1.51. The van der Waals surface area contributed by atoms with Crippen molar-refractivity contribution in [2.75, 3.05) is 0 Å². The predicted octanol–water partition coefficient (Wildman–Crippen LogP) is 0.939. The van der Waals surface area contributed by atoms with Gasteiger partial charge >= 0.3 is 0 Å². The molecule has 4 rings (SSSR count). The molecule has 8 nitrogen and oxygen atoms in total. The van der Waals surface area contributed by atoms with Crippen LogP contribution in [0.1, 0.15) is 0 Å². The fraction of sp³-hybridized carbons (Fsp3) is 0.0833. The van der Waals surface area contributed by atoms with Gasteiger partial charge in [0.25, 0.3) is 5.95 Å². The lowest BCUT2D eigenvalue weighted by Crippen LogP contribution is -1.96. The summed E-state index contributed by atoms with van der Waals surface area (Å²) < 4.78 is 3.57. The lowest BCUT2D eigenvalue weighted by Gasteiger charge is -2.00. The molecular weight excluding hydrogens is 256 g/mol. The number of aromatic amines is 1. The van der Waals surface area contributed by atoms with E-state index < -0.39 is 0 Å². The van der Waals surface area contributed by atoms with E-state index in [1.165, 1.54) is 0 Å². The zero-order chi connectivity index (χ0) is 13.5. The molecule has 20 heavy (non-hydrogen) atoms. The summed E-state index contributed by atoms with van der Waals surface area (Å²) in [4.78, 5) is 4.38. The Morgan fingerprint density at radius 2 is 2.20 bits per heavy atom. The molecule has 0 fully saturated rings. The molecule has 0 bridgehead atoms. The number of aryl methyl sites for hydroxylation is 1. The summed E-state index contributed by atoms with van der Waals surface area (Å²) in [5, 5.41) is 19.1. The van der Waals surface area contributed by atoms with Gasteiger partial charge in [0.1, 0.15) is 5.65 Å². The van der Waals surface area contributed by atoms with Crippen molar-refractivity contribution in [1.82, 2.24) is 40.0 Å². The van der Waals surface area contributed by atoms with E-state index in [4.69, 9.17) is 0 Å². The number of pyridine rings is 1. The monoisotopic (exact) mass is 266 g/mol. The molecule has 0 radical (unpaired) electrons. The molecule has 8 heteroatoms. The number of hydrogen-bond acceptors (Lipinski definition) is 5. The molecular formula is C12H10N8. The van der Waals surface area contributed by atoms with Crippen molar-refractivity contribution >= 4 is 11.0 Å². The third-order valence-corrected chi connectivity index (χ3v) is 3.20. The highest BCUT2D eigenvalue weighted by molar-refractivity contribution is 5.92. The van der Waals surface area contributed by atoms with Crippen LogP contribution < -0.4 is 0 Å². The van der Waals surface area contributed by atoms with Crippen molar-refractivity contribution in [2.45, 2.75) is 0 Å². The molecule has 4 heterocycles. The summed E-state index contributed by atoms with van der Waals surface area (Å²) in [5.41, 5.74) is 2.99. The number of H-pyrrole nitrogens is 1. The average molecular weight is 266 g/mol. The normalized spacial score (nSPS) is 11.2. The quantitative estimate of drug-likeness (QED) is 0.583. The van der Waals surface area contributed by atoms with Crippen LogP contribution in [0.3, 0.4) is 0 Å². The molecule has 98 valence electrons. The molecule has 4 aromatic heterocycles. The van der Waals surface area contributed by atoms with E-state index in [9.17, 15) is 0 Å². The Hall–Kier alpha value is -3.03. The Bertz CT molecular complexity index is 870. The molecule has 0 amide bonds. The minimum absolute atomic E-state index is 0.412. The minimum Gasteiger partial charge on any atom is -0.336 e. The van der Waals surface area contributed by atoms with Gasteiger partial charge in [0.05, 0.1) is 6.20 Å². The molecule has 0 aliphatic rings. The minimum atomic E-state index is 0.412. The maximum atomic E-state index is 4.38. The van der Waals surface area contributed by atoms with E-state index in [0.29, 0.717) is 5.95 Å². The highest BCUT2D eigenvalue weighted by Gasteiger charge is 2.10. The molecule has 0 aromatic carbocycles. The number of tetrazole rings is 1. The van der Waals surface area contributed by atoms with Gasteiger partial charge in [-0.2, -0.15) is 10.3 Å². The van der Waals surface area contributed by atoms with E-state index in [1.807, 2.05) is 36.1 Å². The lowest BCUT2D eigenvalue weighted by molar-refractivity contribution is 0.812. The number of nitrogens with one attached hydrogen (secondary N) is 1. The van der Waals surface area contributed by atoms with Gasteiger partial charge in [-0.3, -0.25) is 0 Å². The largest absolute Gasteiger partial charge is 0.336 e. The molecule has 4 aromatic rings. The van der Waals surface area contributed by atoms with Crippen LogP contribution >= 0.6 is 0 Å². The van der Waals surface area contributed by atoms with E-state index >= 15 is 0 Å². The van der Waals surface area contributed by atoms with Crippen molar-refractivity contribution < 1.29 is 0 Å². The second-order valence-electron chi connectivity index (χ2n) is 4.41. The zero-order valence-corrected chi connectivity index (χ0v) is 10.6. The smallest absolute Gasteiger partial charge is 0.290 e. The maximum absolute atomic E-state index is 4.38. The molecule has 0 aliphatic carbocycles. The standard InChI is InChI=1S/C12H10N8/c1-19-5-3-10-9(2-4-13-11(10)19)8-6-14-20(7-8)12-15-17-18-16-12/h2-7H,1H3,(H,15,16,17,18). The predicted molar refractivity (Wildman–Crippen MR) is 71.0 cm³/mol. The number of nitrogens with zero attached hydrogens (tertiary/aromatic N) is 7. The molecule has 0 aliphatic heterocycles. The topological polar surface area (TPSA) is 90.1 Å². The van der Waals surface area contributed by atoms with Crippen molar-refractivity contribution in [3.05, 3.63) is 36.9 Å². The van der Waals surface area contributed by atoms with Crippen LogP contribution in [0.5, 0.6) is 0 Å². The van der Waals surface area contributed by atoms with E-state index in [2.05, 4.69) is 30.7 Å². The zero-order valence-electron chi connectivity index (χ0n) is 10.6. The van der Waals surface area contributed by atoms with Crippen molar-refractivity contribution in [3.63, 3.8) is 0 Å². The lowest BCUT2D eigenvalue weighted by atomic mass is 10.1. The fourth-order valence-corrected chi connectivity index (χ4v) is 2.24. The molecule has 0 saturated heterocycles. The van der Waals surface area contributed by atoms with Crippen LogP contribution in [0.25, 0.3) is 28.1 Å². The second-order valence-corrected chi connectivity index (χ2v) is 4.41. The van der Waals surface area contributed by atoms with E-state index in [0.717, 1.165) is 22.2 Å². The van der Waals surface area contributed by atoms with Crippen LogP contribution in [0.15, 0.2) is 36.9 Å². The maximum Gasteiger partial charge on any atom is 0.290 e. The summed E-state index contributed by atoms with van der Waals surface area (Å²) in [6.45, 7) is 0. The summed E-state index contributed by atoms with van der Waals surface area (Å²) in [7, 11) is 1.97. The summed E-state index contributed by atoms with van der Waals surface area (Å²) in [6, 6.07) is 4.02. The molecule has 1 N–H and O–H groups in total. The summed E-state index contributed by atoms with van der Waals surface area (Å²) in [5.74, 6) is 0.412. The first-order valence-corrected chi connectivity index (χ1v) is 6.02. The fourth-order valence-electron chi connectivity index (χ4n) is 2.24. The Morgan fingerprint density at radius 1 is 1.25 bits per heavy atom. The Labute approximate surface area is 113 Å². The Morgan fingerprint density at radius 3 is 3.05 bits per heavy atom. The van der Waals surface area contributed by atoms with Crippen LogP contribution in [0.2, 0.25) is 0 Å². The summed E-state index contributed by atoms with van der Waals surface area (Å²) >= 11 is 0. The first kappa shape index (κ1) is 10.9. The van der Waals surface area contributed by atoms with Gasteiger partial charge in [-0.05, 0) is 22.9 Å².